The van der Waals surface area contributed by atoms with E-state index >= 15 is 0 Å². The average molecular weight is 340 g/mol. The summed E-state index contributed by atoms with van der Waals surface area (Å²) in [6.07, 6.45) is 5.72. The lowest BCUT2D eigenvalue weighted by Gasteiger charge is -2.22. The molecule has 1 aliphatic rings. The van der Waals surface area contributed by atoms with E-state index in [2.05, 4.69) is 16.9 Å². The second kappa shape index (κ2) is 7.42. The number of ether oxygens (including phenoxy) is 1. The summed E-state index contributed by atoms with van der Waals surface area (Å²) in [6.45, 7) is 6.71. The minimum Gasteiger partial charge on any atom is -0.489 e. The third kappa shape index (κ3) is 4.62. The van der Waals surface area contributed by atoms with Crippen molar-refractivity contribution in [2.45, 2.75) is 32.4 Å². The summed E-state index contributed by atoms with van der Waals surface area (Å²) in [4.78, 5) is 18.9. The molecule has 0 radical (unpaired) electrons. The van der Waals surface area contributed by atoms with Crippen LogP contribution in [0.15, 0.2) is 48.8 Å². The minimum atomic E-state index is -0.109. The number of anilines is 1. The maximum absolute atomic E-state index is 12.7. The van der Waals surface area contributed by atoms with E-state index in [0.717, 1.165) is 29.9 Å². The normalized spacial score (nSPS) is 13.4. The van der Waals surface area contributed by atoms with Gasteiger partial charge in [0.1, 0.15) is 18.2 Å². The third-order valence-electron chi connectivity index (χ3n) is 4.05. The van der Waals surface area contributed by atoms with Crippen LogP contribution in [-0.2, 0) is 13.6 Å². The van der Waals surface area contributed by atoms with Crippen molar-refractivity contribution in [1.82, 2.24) is 14.5 Å². The van der Waals surface area contributed by atoms with Gasteiger partial charge in [-0.2, -0.15) is 0 Å². The second-order valence-electron chi connectivity index (χ2n) is 6.52. The first-order valence-electron chi connectivity index (χ1n) is 8.44. The van der Waals surface area contributed by atoms with Gasteiger partial charge in [0.05, 0.1) is 6.54 Å². The molecule has 0 bridgehead atoms. The lowest BCUT2D eigenvalue weighted by molar-refractivity contribution is 0.204. The number of aryl methyl sites for hydroxylation is 1. The second-order valence-corrected chi connectivity index (χ2v) is 6.52. The number of amides is 2. The zero-order valence-corrected chi connectivity index (χ0v) is 14.7. The van der Waals surface area contributed by atoms with Crippen LogP contribution in [0.1, 0.15) is 25.6 Å². The molecular formula is C19H24N4O2. The van der Waals surface area contributed by atoms with E-state index in [-0.39, 0.29) is 6.03 Å². The highest BCUT2D eigenvalue weighted by Gasteiger charge is 2.33. The van der Waals surface area contributed by atoms with Crippen molar-refractivity contribution in [2.75, 3.05) is 11.9 Å². The van der Waals surface area contributed by atoms with Crippen LogP contribution in [0, 0.1) is 0 Å². The molecule has 2 aromatic rings. The number of rotatable bonds is 7. The molecule has 1 N–H and O–H groups in total. The molecule has 1 fully saturated rings. The Kier molecular flexibility index (Phi) is 5.07. The van der Waals surface area contributed by atoms with E-state index in [9.17, 15) is 4.79 Å². The molecule has 6 nitrogen and oxygen atoms in total. The standard InChI is InChI=1S/C19H24N4O2/c1-14(2)13-25-17-6-4-5-15(11-17)21-19(24)23(16-7-8-16)12-18-20-9-10-22(18)3/h4-6,9-11,16H,1,7-8,12-13H2,2-3H3,(H,21,24). The van der Waals surface area contributed by atoms with Gasteiger partial charge in [0, 0.05) is 37.2 Å². The van der Waals surface area contributed by atoms with E-state index in [0.29, 0.717) is 24.9 Å². The predicted molar refractivity (Wildman–Crippen MR) is 97.5 cm³/mol. The molecule has 1 aromatic carbocycles. The number of aromatic nitrogens is 2. The van der Waals surface area contributed by atoms with Crippen LogP contribution in [0.3, 0.4) is 0 Å². The lowest BCUT2D eigenvalue weighted by atomic mass is 10.3. The number of benzene rings is 1. The number of carbonyl (C=O) groups is 1. The first-order valence-corrected chi connectivity index (χ1v) is 8.44. The number of urea groups is 1. The zero-order chi connectivity index (χ0) is 17.8. The molecule has 2 amide bonds. The Bertz CT molecular complexity index is 764. The molecule has 0 atom stereocenters. The predicted octanol–water partition coefficient (Wildman–Crippen LogP) is 3.57. The van der Waals surface area contributed by atoms with Crippen molar-refractivity contribution in [3.63, 3.8) is 0 Å². The molecule has 1 aromatic heterocycles. The van der Waals surface area contributed by atoms with E-state index in [1.807, 2.05) is 53.9 Å². The SMILES string of the molecule is C=C(C)COc1cccc(NC(=O)N(Cc2nccn2C)C2CC2)c1. The van der Waals surface area contributed by atoms with Crippen molar-refractivity contribution in [2.24, 2.45) is 7.05 Å². The Balaban J connectivity index is 1.66. The van der Waals surface area contributed by atoms with Crippen LogP contribution < -0.4 is 10.1 Å². The molecule has 0 aliphatic heterocycles. The Hall–Kier alpha value is -2.76. The van der Waals surface area contributed by atoms with Crippen LogP contribution >= 0.6 is 0 Å². The summed E-state index contributed by atoms with van der Waals surface area (Å²) < 4.78 is 7.57. The molecule has 132 valence electrons. The Morgan fingerprint density at radius 2 is 2.28 bits per heavy atom. The van der Waals surface area contributed by atoms with Crippen LogP contribution in [-0.4, -0.2) is 33.1 Å². The fraction of sp³-hybridized carbons (Fsp3) is 0.368. The fourth-order valence-electron chi connectivity index (χ4n) is 2.52. The number of hydrogen-bond donors (Lipinski definition) is 1. The summed E-state index contributed by atoms with van der Waals surface area (Å²) in [5, 5.41) is 2.97. The Labute approximate surface area is 148 Å². The van der Waals surface area contributed by atoms with Gasteiger partial charge in [-0.25, -0.2) is 9.78 Å². The first-order chi connectivity index (χ1) is 12.0. The highest BCUT2D eigenvalue weighted by molar-refractivity contribution is 5.89. The largest absolute Gasteiger partial charge is 0.489 e. The zero-order valence-electron chi connectivity index (χ0n) is 14.7. The maximum atomic E-state index is 12.7. The molecule has 0 spiro atoms. The van der Waals surface area contributed by atoms with E-state index in [1.54, 1.807) is 6.20 Å². The van der Waals surface area contributed by atoms with E-state index in [4.69, 9.17) is 4.74 Å². The van der Waals surface area contributed by atoms with Crippen molar-refractivity contribution < 1.29 is 9.53 Å². The maximum Gasteiger partial charge on any atom is 0.322 e. The molecule has 25 heavy (non-hydrogen) atoms. The van der Waals surface area contributed by atoms with Gasteiger partial charge in [-0.15, -0.1) is 0 Å². The molecule has 1 aliphatic carbocycles. The Morgan fingerprint density at radius 1 is 1.48 bits per heavy atom. The number of imidazole rings is 1. The molecule has 1 heterocycles. The fourth-order valence-corrected chi connectivity index (χ4v) is 2.52. The van der Waals surface area contributed by atoms with Crippen molar-refractivity contribution in [1.29, 1.82) is 0 Å². The van der Waals surface area contributed by atoms with Crippen LogP contribution in [0.5, 0.6) is 5.75 Å². The molecule has 0 saturated heterocycles. The summed E-state index contributed by atoms with van der Waals surface area (Å²) in [5.41, 5.74) is 1.67. The molecule has 0 unspecified atom stereocenters. The molecule has 6 heteroatoms. The van der Waals surface area contributed by atoms with Crippen molar-refractivity contribution in [3.8, 4) is 5.75 Å². The molecule has 3 rings (SSSR count). The number of carbonyl (C=O) groups excluding carboxylic acids is 1. The van der Waals surface area contributed by atoms with Gasteiger partial charge in [0.2, 0.25) is 0 Å². The smallest absolute Gasteiger partial charge is 0.322 e. The summed E-state index contributed by atoms with van der Waals surface area (Å²) in [7, 11) is 1.94. The first kappa shape index (κ1) is 17.1. The Morgan fingerprint density at radius 3 is 2.92 bits per heavy atom. The minimum absolute atomic E-state index is 0.109. The van der Waals surface area contributed by atoms with Gasteiger partial charge < -0.3 is 19.5 Å². The third-order valence-corrected chi connectivity index (χ3v) is 4.05. The van der Waals surface area contributed by atoms with Crippen LogP contribution in [0.4, 0.5) is 10.5 Å². The number of hydrogen-bond acceptors (Lipinski definition) is 3. The van der Waals surface area contributed by atoms with E-state index in [1.165, 1.54) is 0 Å². The van der Waals surface area contributed by atoms with Gasteiger partial charge in [-0.05, 0) is 37.5 Å². The number of nitrogens with one attached hydrogen (secondary N) is 1. The van der Waals surface area contributed by atoms with E-state index < -0.39 is 0 Å². The van der Waals surface area contributed by atoms with Crippen LogP contribution in [0.25, 0.3) is 0 Å². The topological polar surface area (TPSA) is 59.4 Å². The summed E-state index contributed by atoms with van der Waals surface area (Å²) in [5.74, 6) is 1.59. The lowest BCUT2D eigenvalue weighted by Crippen LogP contribution is -2.37. The average Bonchev–Trinajstić information content (AvgIpc) is 3.33. The number of nitrogens with zero attached hydrogens (tertiary/aromatic N) is 3. The van der Waals surface area contributed by atoms with Gasteiger partial charge in [-0.1, -0.05) is 12.6 Å². The van der Waals surface area contributed by atoms with Gasteiger partial charge in [-0.3, -0.25) is 0 Å². The summed E-state index contributed by atoms with van der Waals surface area (Å²) >= 11 is 0. The van der Waals surface area contributed by atoms with Crippen molar-refractivity contribution >= 4 is 11.7 Å². The highest BCUT2D eigenvalue weighted by atomic mass is 16.5. The highest BCUT2D eigenvalue weighted by Crippen LogP contribution is 2.29. The van der Waals surface area contributed by atoms with Crippen LogP contribution in [0.2, 0.25) is 0 Å². The van der Waals surface area contributed by atoms with Gasteiger partial charge in [0.15, 0.2) is 0 Å². The monoisotopic (exact) mass is 340 g/mol. The van der Waals surface area contributed by atoms with Gasteiger partial charge in [0.25, 0.3) is 0 Å². The quantitative estimate of drug-likeness (QED) is 0.784. The molecule has 1 saturated carbocycles. The summed E-state index contributed by atoms with van der Waals surface area (Å²) in [6, 6.07) is 7.60. The molecular weight excluding hydrogens is 316 g/mol. The van der Waals surface area contributed by atoms with Gasteiger partial charge >= 0.3 is 6.03 Å². The van der Waals surface area contributed by atoms with Crippen molar-refractivity contribution in [3.05, 3.63) is 54.6 Å².